The first kappa shape index (κ1) is 19.1. The molecule has 6 heteroatoms. The van der Waals surface area contributed by atoms with Gasteiger partial charge in [0.2, 0.25) is 0 Å². The molecule has 2 aromatic rings. The summed E-state index contributed by atoms with van der Waals surface area (Å²) in [7, 11) is 0. The van der Waals surface area contributed by atoms with Gasteiger partial charge in [-0.05, 0) is 37.0 Å². The van der Waals surface area contributed by atoms with Gasteiger partial charge in [-0.1, -0.05) is 56.9 Å². The third-order valence-corrected chi connectivity index (χ3v) is 7.13. The third kappa shape index (κ3) is 3.09. The molecule has 3 rings (SSSR count). The Morgan fingerprint density at radius 1 is 1.00 bits per heavy atom. The van der Waals surface area contributed by atoms with Crippen LogP contribution in [0, 0.1) is 0 Å². The molecular weight excluding hydrogens is 364 g/mol. The Morgan fingerprint density at radius 3 is 2.19 bits per heavy atom. The van der Waals surface area contributed by atoms with Crippen LogP contribution in [-0.2, 0) is 18.5 Å². The van der Waals surface area contributed by atoms with Gasteiger partial charge in [0, 0.05) is 22.9 Å². The van der Waals surface area contributed by atoms with Gasteiger partial charge in [-0.3, -0.25) is 13.9 Å². The zero-order valence-electron chi connectivity index (χ0n) is 15.9. The second-order valence-corrected chi connectivity index (χ2v) is 9.66. The van der Waals surface area contributed by atoms with Crippen molar-refractivity contribution in [2.75, 3.05) is 0 Å². The molecule has 1 aliphatic rings. The Hall–Kier alpha value is -1.66. The number of hydrogen-bond donors (Lipinski definition) is 0. The molecule has 1 aliphatic heterocycles. The highest BCUT2D eigenvalue weighted by Crippen LogP contribution is 2.51. The van der Waals surface area contributed by atoms with Crippen LogP contribution in [0.1, 0.15) is 40.2 Å². The Balaban J connectivity index is 2.27. The second kappa shape index (κ2) is 6.82. The molecule has 0 spiro atoms. The lowest BCUT2D eigenvalue weighted by Gasteiger charge is -2.19. The SMILES string of the molecule is C=c1/c(=C2\Sc3ccc(C(C)(C)C)cc3S2)c(=O)n(CC)c(=O)n1CC. The normalized spacial score (nSPS) is 16.0. The van der Waals surface area contributed by atoms with Gasteiger partial charge in [0.25, 0.3) is 5.56 Å². The molecule has 4 nitrogen and oxygen atoms in total. The van der Waals surface area contributed by atoms with Gasteiger partial charge in [0.05, 0.1) is 14.8 Å². The van der Waals surface area contributed by atoms with Gasteiger partial charge in [0.15, 0.2) is 0 Å². The maximum Gasteiger partial charge on any atom is 0.331 e. The molecule has 26 heavy (non-hydrogen) atoms. The fourth-order valence-electron chi connectivity index (χ4n) is 3.01. The van der Waals surface area contributed by atoms with Crippen LogP contribution in [0.4, 0.5) is 0 Å². The standard InChI is InChI=1S/C20H24N2O2S2/c1-7-21-12(3)16(17(23)22(8-2)19(21)24)18-25-14-10-9-13(20(4,5)6)11-15(14)26-18/h9-11H,3,7-8H2,1-2,4-6H3/b18-16-. The number of thioether (sulfide) groups is 2. The topological polar surface area (TPSA) is 44.0 Å². The van der Waals surface area contributed by atoms with Crippen molar-refractivity contribution in [2.45, 2.75) is 62.9 Å². The molecule has 2 heterocycles. The fourth-order valence-corrected chi connectivity index (χ4v) is 5.63. The molecule has 0 unspecified atom stereocenters. The van der Waals surface area contributed by atoms with E-state index in [1.165, 1.54) is 10.1 Å². The number of fused-ring (bicyclic) bond motifs is 1. The third-order valence-electron chi connectivity index (χ3n) is 4.59. The molecule has 0 N–H and O–H groups in total. The van der Waals surface area contributed by atoms with Crippen LogP contribution < -0.4 is 21.8 Å². The molecular formula is C20H24N2O2S2. The molecule has 1 aromatic heterocycles. The molecule has 0 atom stereocenters. The largest absolute Gasteiger partial charge is 0.331 e. The van der Waals surface area contributed by atoms with Gasteiger partial charge in [-0.15, -0.1) is 0 Å². The van der Waals surface area contributed by atoms with Crippen LogP contribution in [0.2, 0.25) is 0 Å². The van der Waals surface area contributed by atoms with E-state index in [1.54, 1.807) is 28.1 Å². The molecule has 0 aliphatic carbocycles. The number of benzene rings is 1. The summed E-state index contributed by atoms with van der Waals surface area (Å²) in [5.74, 6) is 0. The van der Waals surface area contributed by atoms with Crippen molar-refractivity contribution in [3.8, 4) is 0 Å². The van der Waals surface area contributed by atoms with Crippen molar-refractivity contribution in [1.82, 2.24) is 9.13 Å². The predicted molar refractivity (Wildman–Crippen MR) is 111 cm³/mol. The number of aromatic nitrogens is 2. The van der Waals surface area contributed by atoms with Crippen LogP contribution in [0.25, 0.3) is 10.8 Å². The molecule has 138 valence electrons. The summed E-state index contributed by atoms with van der Waals surface area (Å²) in [5, 5.41) is 1.06. The molecule has 0 radical (unpaired) electrons. The van der Waals surface area contributed by atoms with Gasteiger partial charge in [-0.2, -0.15) is 0 Å². The number of nitrogens with zero attached hydrogens (tertiary/aromatic N) is 2. The molecule has 0 saturated carbocycles. The van der Waals surface area contributed by atoms with Crippen molar-refractivity contribution in [2.24, 2.45) is 0 Å². The fraction of sp³-hybridized carbons (Fsp3) is 0.400. The smallest absolute Gasteiger partial charge is 0.294 e. The zero-order valence-corrected chi connectivity index (χ0v) is 17.5. The van der Waals surface area contributed by atoms with E-state index in [4.69, 9.17) is 0 Å². The Morgan fingerprint density at radius 2 is 1.62 bits per heavy atom. The molecule has 0 fully saturated rings. The summed E-state index contributed by atoms with van der Waals surface area (Å²) >= 11 is 3.20. The predicted octanol–water partition coefficient (Wildman–Crippen LogP) is 2.72. The first-order valence-corrected chi connectivity index (χ1v) is 10.4. The highest BCUT2D eigenvalue weighted by atomic mass is 32.2. The van der Waals surface area contributed by atoms with Crippen LogP contribution >= 0.6 is 23.5 Å². The van der Waals surface area contributed by atoms with Gasteiger partial charge in [0.1, 0.15) is 0 Å². The maximum atomic E-state index is 12.9. The van der Waals surface area contributed by atoms with Crippen LogP contribution in [0.5, 0.6) is 0 Å². The average Bonchev–Trinajstić information content (AvgIpc) is 2.97. The van der Waals surface area contributed by atoms with Gasteiger partial charge < -0.3 is 0 Å². The summed E-state index contributed by atoms with van der Waals surface area (Å²) in [6, 6.07) is 6.48. The molecule has 0 amide bonds. The van der Waals surface area contributed by atoms with E-state index in [0.717, 1.165) is 14.0 Å². The van der Waals surface area contributed by atoms with Crippen molar-refractivity contribution >= 4 is 34.3 Å². The van der Waals surface area contributed by atoms with E-state index in [2.05, 4.69) is 45.5 Å². The van der Waals surface area contributed by atoms with E-state index in [0.29, 0.717) is 23.7 Å². The van der Waals surface area contributed by atoms with Gasteiger partial charge in [-0.25, -0.2) is 4.79 Å². The van der Waals surface area contributed by atoms with E-state index in [9.17, 15) is 9.59 Å². The minimum absolute atomic E-state index is 0.0743. The highest BCUT2D eigenvalue weighted by molar-refractivity contribution is 8.32. The monoisotopic (exact) mass is 388 g/mol. The summed E-state index contributed by atoms with van der Waals surface area (Å²) in [6.07, 6.45) is 0. The van der Waals surface area contributed by atoms with Crippen molar-refractivity contribution in [3.63, 3.8) is 0 Å². The highest BCUT2D eigenvalue weighted by Gasteiger charge is 2.23. The second-order valence-electron chi connectivity index (χ2n) is 7.30. The molecule has 1 aromatic carbocycles. The van der Waals surface area contributed by atoms with E-state index >= 15 is 0 Å². The summed E-state index contributed by atoms with van der Waals surface area (Å²) in [5.41, 5.74) is 0.816. The van der Waals surface area contributed by atoms with Crippen molar-refractivity contribution in [1.29, 1.82) is 0 Å². The zero-order chi connectivity index (χ0) is 19.2. The summed E-state index contributed by atoms with van der Waals surface area (Å²) in [6.45, 7) is 15.2. The average molecular weight is 389 g/mol. The van der Waals surface area contributed by atoms with Gasteiger partial charge >= 0.3 is 5.69 Å². The first-order chi connectivity index (χ1) is 12.2. The van der Waals surface area contributed by atoms with E-state index in [1.807, 2.05) is 13.8 Å². The Labute approximate surface area is 161 Å². The lowest BCUT2D eigenvalue weighted by Crippen LogP contribution is -2.58. The minimum atomic E-state index is -0.283. The molecule has 0 saturated heterocycles. The minimum Gasteiger partial charge on any atom is -0.294 e. The number of hydrogen-bond acceptors (Lipinski definition) is 4. The Kier molecular flexibility index (Phi) is 5.01. The lowest BCUT2D eigenvalue weighted by atomic mass is 9.87. The summed E-state index contributed by atoms with van der Waals surface area (Å²) < 4.78 is 3.79. The first-order valence-electron chi connectivity index (χ1n) is 8.76. The summed E-state index contributed by atoms with van der Waals surface area (Å²) in [4.78, 5) is 27.7. The van der Waals surface area contributed by atoms with E-state index in [-0.39, 0.29) is 16.7 Å². The van der Waals surface area contributed by atoms with Crippen molar-refractivity contribution < 1.29 is 0 Å². The van der Waals surface area contributed by atoms with Crippen LogP contribution in [0.15, 0.2) is 37.6 Å². The number of rotatable bonds is 2. The Bertz CT molecular complexity index is 1060. The maximum absolute atomic E-state index is 12.9. The van der Waals surface area contributed by atoms with E-state index < -0.39 is 0 Å². The quantitative estimate of drug-likeness (QED) is 0.794. The lowest BCUT2D eigenvalue weighted by molar-refractivity contribution is 0.569. The molecule has 0 bridgehead atoms. The van der Waals surface area contributed by atoms with Crippen LogP contribution in [-0.4, -0.2) is 9.13 Å². The van der Waals surface area contributed by atoms with Crippen molar-refractivity contribution in [3.05, 3.63) is 55.2 Å². The van der Waals surface area contributed by atoms with Crippen LogP contribution in [0.3, 0.4) is 0 Å².